The second kappa shape index (κ2) is 7.24. The topological polar surface area (TPSA) is 120 Å². The van der Waals surface area contributed by atoms with Crippen molar-refractivity contribution in [1.82, 2.24) is 20.4 Å². The maximum atomic E-state index is 13.0. The normalized spacial score (nSPS) is 32.2. The van der Waals surface area contributed by atoms with Gasteiger partial charge in [-0.2, -0.15) is 10.4 Å². The van der Waals surface area contributed by atoms with Crippen molar-refractivity contribution in [2.75, 3.05) is 0 Å². The molecule has 8 nitrogen and oxygen atoms in total. The van der Waals surface area contributed by atoms with Crippen molar-refractivity contribution in [3.63, 3.8) is 0 Å². The SMILES string of the molecule is CC(=O)NC(C)(C)C=Cn1ncc(C(=O)NC2C3CC4CC2CC(O)(C4)C3)c1C#N. The lowest BCUT2D eigenvalue weighted by molar-refractivity contribution is -0.136. The Bertz CT molecular complexity index is 925. The molecule has 1 aromatic heterocycles. The molecule has 0 saturated heterocycles. The number of nitriles is 1. The molecule has 4 aliphatic rings. The number of carbonyl (C=O) groups excluding carboxylic acids is 2. The van der Waals surface area contributed by atoms with E-state index in [1.54, 1.807) is 12.3 Å². The smallest absolute Gasteiger partial charge is 0.256 e. The Labute approximate surface area is 176 Å². The Morgan fingerprint density at radius 2 is 2.00 bits per heavy atom. The molecule has 4 fully saturated rings. The quantitative estimate of drug-likeness (QED) is 0.682. The van der Waals surface area contributed by atoms with Gasteiger partial charge >= 0.3 is 0 Å². The van der Waals surface area contributed by atoms with Crippen LogP contribution in [0.1, 0.15) is 68.9 Å². The molecule has 1 heterocycles. The summed E-state index contributed by atoms with van der Waals surface area (Å²) in [7, 11) is 0. The fraction of sp³-hybridized carbons (Fsp3) is 0.636. The minimum atomic E-state index is -0.617. The van der Waals surface area contributed by atoms with Crippen LogP contribution in [0.5, 0.6) is 0 Å². The van der Waals surface area contributed by atoms with E-state index in [2.05, 4.69) is 21.8 Å². The predicted molar refractivity (Wildman–Crippen MR) is 110 cm³/mol. The van der Waals surface area contributed by atoms with Gasteiger partial charge in [0.1, 0.15) is 6.07 Å². The molecule has 4 aliphatic carbocycles. The third-order valence-electron chi connectivity index (χ3n) is 6.82. The Hall–Kier alpha value is -2.66. The molecule has 160 valence electrons. The monoisotopic (exact) mass is 411 g/mol. The molecule has 2 amide bonds. The third kappa shape index (κ3) is 3.86. The van der Waals surface area contributed by atoms with Crippen LogP contribution in [0.15, 0.2) is 12.3 Å². The van der Waals surface area contributed by atoms with Crippen molar-refractivity contribution in [2.24, 2.45) is 17.8 Å². The lowest BCUT2D eigenvalue weighted by Gasteiger charge is -2.58. The van der Waals surface area contributed by atoms with E-state index in [4.69, 9.17) is 0 Å². The van der Waals surface area contributed by atoms with E-state index >= 15 is 0 Å². The molecule has 0 aromatic carbocycles. The lowest BCUT2D eigenvalue weighted by Crippen LogP contribution is -2.61. The van der Waals surface area contributed by atoms with Gasteiger partial charge in [-0.05, 0) is 69.8 Å². The zero-order valence-corrected chi connectivity index (χ0v) is 17.7. The Balaban J connectivity index is 1.49. The van der Waals surface area contributed by atoms with Crippen LogP contribution in [-0.2, 0) is 4.79 Å². The minimum absolute atomic E-state index is 0.0402. The van der Waals surface area contributed by atoms with Crippen molar-refractivity contribution in [3.8, 4) is 6.07 Å². The van der Waals surface area contributed by atoms with Gasteiger partial charge in [-0.3, -0.25) is 9.59 Å². The standard InChI is InChI=1S/C22H29N5O3/c1-13(28)26-21(2,3)4-5-27-18(11-23)17(12-24-27)20(29)25-19-15-6-14-7-16(19)10-22(30,8-14)9-15/h4-5,12,14-16,19,30H,6-10H2,1-3H3,(H,25,29)(H,26,28). The van der Waals surface area contributed by atoms with Gasteiger partial charge in [0.2, 0.25) is 5.91 Å². The minimum Gasteiger partial charge on any atom is -0.390 e. The number of amides is 2. The molecule has 4 bridgehead atoms. The third-order valence-corrected chi connectivity index (χ3v) is 6.82. The maximum absolute atomic E-state index is 13.0. The highest BCUT2D eigenvalue weighted by molar-refractivity contribution is 5.96. The Morgan fingerprint density at radius 3 is 2.57 bits per heavy atom. The maximum Gasteiger partial charge on any atom is 0.256 e. The molecule has 5 rings (SSSR count). The van der Waals surface area contributed by atoms with Gasteiger partial charge in [-0.15, -0.1) is 0 Å². The molecule has 4 saturated carbocycles. The van der Waals surface area contributed by atoms with Gasteiger partial charge in [0.05, 0.1) is 22.9 Å². The van der Waals surface area contributed by atoms with Crippen LogP contribution in [0.25, 0.3) is 6.20 Å². The molecular formula is C22H29N5O3. The number of nitrogens with one attached hydrogen (secondary N) is 2. The predicted octanol–water partition coefficient (Wildman–Crippen LogP) is 1.81. The molecule has 30 heavy (non-hydrogen) atoms. The molecule has 0 radical (unpaired) electrons. The fourth-order valence-electron chi connectivity index (χ4n) is 5.95. The molecule has 8 heteroatoms. The van der Waals surface area contributed by atoms with Gasteiger partial charge in [0.15, 0.2) is 5.69 Å². The second-order valence-electron chi connectivity index (χ2n) is 9.88. The van der Waals surface area contributed by atoms with Crippen molar-refractivity contribution in [2.45, 2.75) is 70.1 Å². The number of carbonyl (C=O) groups is 2. The van der Waals surface area contributed by atoms with Crippen LogP contribution >= 0.6 is 0 Å². The zero-order valence-electron chi connectivity index (χ0n) is 17.7. The van der Waals surface area contributed by atoms with Gasteiger partial charge < -0.3 is 15.7 Å². The first-order valence-corrected chi connectivity index (χ1v) is 10.6. The first-order chi connectivity index (χ1) is 14.1. The number of aliphatic hydroxyl groups is 1. The van der Waals surface area contributed by atoms with Gasteiger partial charge in [-0.1, -0.05) is 0 Å². The number of aromatic nitrogens is 2. The summed E-state index contributed by atoms with van der Waals surface area (Å²) in [4.78, 5) is 24.3. The summed E-state index contributed by atoms with van der Waals surface area (Å²) in [5.41, 5.74) is -0.767. The van der Waals surface area contributed by atoms with Crippen LogP contribution in [0.2, 0.25) is 0 Å². The van der Waals surface area contributed by atoms with Crippen molar-refractivity contribution < 1.29 is 14.7 Å². The van der Waals surface area contributed by atoms with Crippen molar-refractivity contribution in [1.29, 1.82) is 5.26 Å². The van der Waals surface area contributed by atoms with E-state index in [-0.39, 0.29) is 29.1 Å². The summed E-state index contributed by atoms with van der Waals surface area (Å²) in [5, 5.41) is 30.5. The lowest BCUT2D eigenvalue weighted by atomic mass is 9.52. The molecule has 0 spiro atoms. The van der Waals surface area contributed by atoms with E-state index in [1.807, 2.05) is 13.8 Å². The first kappa shape index (κ1) is 20.6. The summed E-state index contributed by atoms with van der Waals surface area (Å²) in [5.74, 6) is 0.700. The summed E-state index contributed by atoms with van der Waals surface area (Å²) >= 11 is 0. The molecule has 1 aromatic rings. The first-order valence-electron chi connectivity index (χ1n) is 10.6. The van der Waals surface area contributed by atoms with Crippen LogP contribution in [-0.4, -0.2) is 43.9 Å². The molecule has 2 atom stereocenters. The van der Waals surface area contributed by atoms with E-state index in [1.165, 1.54) is 17.8 Å². The molecule has 3 N–H and O–H groups in total. The van der Waals surface area contributed by atoms with Crippen LogP contribution in [0, 0.1) is 29.1 Å². The van der Waals surface area contributed by atoms with Crippen LogP contribution in [0.3, 0.4) is 0 Å². The summed E-state index contributed by atoms with van der Waals surface area (Å²) in [6.07, 6.45) is 9.21. The number of rotatable bonds is 5. The summed E-state index contributed by atoms with van der Waals surface area (Å²) in [6.45, 7) is 5.10. The van der Waals surface area contributed by atoms with E-state index in [9.17, 15) is 20.0 Å². The molecule has 0 aliphatic heterocycles. The van der Waals surface area contributed by atoms with E-state index < -0.39 is 11.1 Å². The van der Waals surface area contributed by atoms with Crippen LogP contribution in [0.4, 0.5) is 0 Å². The molecule has 2 unspecified atom stereocenters. The highest BCUT2D eigenvalue weighted by Crippen LogP contribution is 2.55. The van der Waals surface area contributed by atoms with Crippen molar-refractivity contribution in [3.05, 3.63) is 23.5 Å². The highest BCUT2D eigenvalue weighted by atomic mass is 16.3. The number of hydrogen-bond acceptors (Lipinski definition) is 5. The fourth-order valence-corrected chi connectivity index (χ4v) is 5.95. The van der Waals surface area contributed by atoms with Gasteiger partial charge in [0, 0.05) is 19.2 Å². The Kier molecular flexibility index (Phi) is 4.97. The van der Waals surface area contributed by atoms with E-state index in [0.717, 1.165) is 32.1 Å². The summed E-state index contributed by atoms with van der Waals surface area (Å²) in [6, 6.07) is 2.11. The van der Waals surface area contributed by atoms with Gasteiger partial charge in [-0.25, -0.2) is 4.68 Å². The summed E-state index contributed by atoms with van der Waals surface area (Å²) < 4.78 is 1.36. The van der Waals surface area contributed by atoms with E-state index in [0.29, 0.717) is 17.8 Å². The van der Waals surface area contributed by atoms with Crippen molar-refractivity contribution >= 4 is 18.0 Å². The average Bonchev–Trinajstić information content (AvgIpc) is 3.03. The Morgan fingerprint density at radius 1 is 1.33 bits per heavy atom. The average molecular weight is 412 g/mol. The largest absolute Gasteiger partial charge is 0.390 e. The zero-order chi connectivity index (χ0) is 21.7. The number of hydrogen-bond donors (Lipinski definition) is 3. The second-order valence-corrected chi connectivity index (χ2v) is 9.88. The number of nitrogens with zero attached hydrogens (tertiary/aromatic N) is 3. The van der Waals surface area contributed by atoms with Crippen LogP contribution < -0.4 is 10.6 Å². The molecular weight excluding hydrogens is 382 g/mol. The van der Waals surface area contributed by atoms with Gasteiger partial charge in [0.25, 0.3) is 5.91 Å². The highest BCUT2D eigenvalue weighted by Gasteiger charge is 2.55.